The molecule has 0 radical (unpaired) electrons. The van der Waals surface area contributed by atoms with Crippen molar-refractivity contribution in [3.63, 3.8) is 0 Å². The summed E-state index contributed by atoms with van der Waals surface area (Å²) in [5, 5.41) is 4.59. The summed E-state index contributed by atoms with van der Waals surface area (Å²) in [6.45, 7) is 2.07. The van der Waals surface area contributed by atoms with Crippen LogP contribution in [0.5, 0.6) is 0 Å². The van der Waals surface area contributed by atoms with Crippen LogP contribution < -0.4 is 5.43 Å². The van der Waals surface area contributed by atoms with Gasteiger partial charge in [0, 0.05) is 10.6 Å². The first-order valence-corrected chi connectivity index (χ1v) is 6.74. The fraction of sp³-hybridized carbons (Fsp3) is 0.125. The van der Waals surface area contributed by atoms with Crippen molar-refractivity contribution in [2.24, 2.45) is 5.10 Å². The average Bonchev–Trinajstić information content (AvgIpc) is 2.49. The van der Waals surface area contributed by atoms with Gasteiger partial charge in [0.2, 0.25) is 0 Å². The number of halogens is 1. The van der Waals surface area contributed by atoms with Crippen LogP contribution in [0, 0.1) is 0 Å². The first-order chi connectivity index (χ1) is 9.69. The first-order valence-electron chi connectivity index (χ1n) is 6.37. The zero-order valence-corrected chi connectivity index (χ0v) is 11.9. The highest BCUT2D eigenvalue weighted by Crippen LogP contribution is 2.08. The lowest BCUT2D eigenvalue weighted by atomic mass is 10.1. The molecular weight excluding hydrogens is 272 g/mol. The van der Waals surface area contributed by atoms with Gasteiger partial charge in [-0.3, -0.25) is 4.79 Å². The third kappa shape index (κ3) is 3.93. The highest BCUT2D eigenvalue weighted by Gasteiger charge is 2.03. The standard InChI is InChI=1S/C16H15ClN2O/c1-2-12-3-7-14(8-4-12)16(20)19-18-11-13-5-9-15(17)10-6-13/h3-11H,2H2,1H3,(H,19,20)/b18-11-. The van der Waals surface area contributed by atoms with Gasteiger partial charge < -0.3 is 0 Å². The first kappa shape index (κ1) is 14.3. The monoisotopic (exact) mass is 286 g/mol. The molecule has 0 spiro atoms. The average molecular weight is 287 g/mol. The largest absolute Gasteiger partial charge is 0.271 e. The van der Waals surface area contributed by atoms with Crippen LogP contribution in [0.2, 0.25) is 5.02 Å². The number of hydrogen-bond acceptors (Lipinski definition) is 2. The second kappa shape index (κ2) is 6.87. The molecule has 0 saturated heterocycles. The van der Waals surface area contributed by atoms with Gasteiger partial charge in [0.15, 0.2) is 0 Å². The van der Waals surface area contributed by atoms with E-state index in [1.54, 1.807) is 30.5 Å². The minimum absolute atomic E-state index is 0.224. The predicted octanol–water partition coefficient (Wildman–Crippen LogP) is 3.67. The van der Waals surface area contributed by atoms with Gasteiger partial charge in [-0.05, 0) is 41.8 Å². The number of hydrogen-bond donors (Lipinski definition) is 1. The molecule has 102 valence electrons. The van der Waals surface area contributed by atoms with Crippen molar-refractivity contribution in [2.45, 2.75) is 13.3 Å². The molecule has 0 aromatic heterocycles. The molecule has 0 unspecified atom stereocenters. The molecule has 20 heavy (non-hydrogen) atoms. The molecule has 3 nitrogen and oxygen atoms in total. The number of rotatable bonds is 4. The normalized spacial score (nSPS) is 10.7. The summed E-state index contributed by atoms with van der Waals surface area (Å²) in [5.74, 6) is -0.224. The van der Waals surface area contributed by atoms with Crippen LogP contribution in [0.1, 0.15) is 28.4 Å². The van der Waals surface area contributed by atoms with Crippen LogP contribution in [-0.4, -0.2) is 12.1 Å². The van der Waals surface area contributed by atoms with Crippen LogP contribution in [0.4, 0.5) is 0 Å². The molecule has 1 amide bonds. The summed E-state index contributed by atoms with van der Waals surface area (Å²) in [6, 6.07) is 14.7. The minimum atomic E-state index is -0.224. The molecule has 0 bridgehead atoms. The Morgan fingerprint density at radius 1 is 1.15 bits per heavy atom. The highest BCUT2D eigenvalue weighted by atomic mass is 35.5. The summed E-state index contributed by atoms with van der Waals surface area (Å²) in [6.07, 6.45) is 2.53. The molecular formula is C16H15ClN2O. The highest BCUT2D eigenvalue weighted by molar-refractivity contribution is 6.30. The SMILES string of the molecule is CCc1ccc(C(=O)N/N=C\c2ccc(Cl)cc2)cc1. The summed E-state index contributed by atoms with van der Waals surface area (Å²) in [5.41, 5.74) is 5.16. The van der Waals surface area contributed by atoms with Crippen LogP contribution in [-0.2, 0) is 6.42 Å². The molecule has 0 aliphatic rings. The number of carbonyl (C=O) groups is 1. The van der Waals surface area contributed by atoms with Crippen molar-refractivity contribution in [1.82, 2.24) is 5.43 Å². The number of amides is 1. The van der Waals surface area contributed by atoms with Gasteiger partial charge in [0.1, 0.15) is 0 Å². The van der Waals surface area contributed by atoms with Crippen LogP contribution in [0.15, 0.2) is 53.6 Å². The smallest absolute Gasteiger partial charge is 0.267 e. The molecule has 1 N–H and O–H groups in total. The Labute approximate surface area is 123 Å². The maximum atomic E-state index is 11.8. The molecule has 2 aromatic rings. The van der Waals surface area contributed by atoms with E-state index >= 15 is 0 Å². The predicted molar refractivity (Wildman–Crippen MR) is 82.3 cm³/mol. The summed E-state index contributed by atoms with van der Waals surface area (Å²) < 4.78 is 0. The van der Waals surface area contributed by atoms with E-state index in [1.807, 2.05) is 24.3 Å². The van der Waals surface area contributed by atoms with Gasteiger partial charge in [-0.1, -0.05) is 42.8 Å². The van der Waals surface area contributed by atoms with Crippen molar-refractivity contribution in [3.05, 3.63) is 70.2 Å². The third-order valence-electron chi connectivity index (χ3n) is 2.87. The van der Waals surface area contributed by atoms with Crippen LogP contribution in [0.3, 0.4) is 0 Å². The van der Waals surface area contributed by atoms with Gasteiger partial charge in [-0.15, -0.1) is 0 Å². The number of nitrogens with zero attached hydrogens (tertiary/aromatic N) is 1. The lowest BCUT2D eigenvalue weighted by Crippen LogP contribution is -2.17. The number of nitrogens with one attached hydrogen (secondary N) is 1. The van der Waals surface area contributed by atoms with Gasteiger partial charge >= 0.3 is 0 Å². The Balaban J connectivity index is 1.95. The number of carbonyl (C=O) groups excluding carboxylic acids is 1. The lowest BCUT2D eigenvalue weighted by molar-refractivity contribution is 0.0955. The van der Waals surface area contributed by atoms with E-state index < -0.39 is 0 Å². The van der Waals surface area contributed by atoms with Crippen molar-refractivity contribution < 1.29 is 4.79 Å². The van der Waals surface area contributed by atoms with Gasteiger partial charge in [-0.25, -0.2) is 5.43 Å². The number of aryl methyl sites for hydroxylation is 1. The quantitative estimate of drug-likeness (QED) is 0.676. The summed E-state index contributed by atoms with van der Waals surface area (Å²) in [7, 11) is 0. The summed E-state index contributed by atoms with van der Waals surface area (Å²) in [4.78, 5) is 11.8. The topological polar surface area (TPSA) is 41.5 Å². The van der Waals surface area contributed by atoms with Crippen molar-refractivity contribution in [1.29, 1.82) is 0 Å². The van der Waals surface area contributed by atoms with Gasteiger partial charge in [0.25, 0.3) is 5.91 Å². The summed E-state index contributed by atoms with van der Waals surface area (Å²) >= 11 is 5.79. The Morgan fingerprint density at radius 3 is 2.40 bits per heavy atom. The van der Waals surface area contributed by atoms with E-state index in [9.17, 15) is 4.79 Å². The van der Waals surface area contributed by atoms with E-state index in [0.717, 1.165) is 12.0 Å². The van der Waals surface area contributed by atoms with E-state index in [2.05, 4.69) is 17.5 Å². The molecule has 4 heteroatoms. The minimum Gasteiger partial charge on any atom is -0.267 e. The zero-order valence-electron chi connectivity index (χ0n) is 11.1. The lowest BCUT2D eigenvalue weighted by Gasteiger charge is -2.01. The van der Waals surface area contributed by atoms with Crippen LogP contribution >= 0.6 is 11.6 Å². The molecule has 2 rings (SSSR count). The molecule has 0 atom stereocenters. The molecule has 0 saturated carbocycles. The van der Waals surface area contributed by atoms with Crippen molar-refractivity contribution >= 4 is 23.7 Å². The van der Waals surface area contributed by atoms with Crippen molar-refractivity contribution in [2.75, 3.05) is 0 Å². The Kier molecular flexibility index (Phi) is 4.91. The third-order valence-corrected chi connectivity index (χ3v) is 3.13. The van der Waals surface area contributed by atoms with Gasteiger partial charge in [-0.2, -0.15) is 5.10 Å². The Bertz CT molecular complexity index is 603. The molecule has 0 heterocycles. The number of hydrazone groups is 1. The zero-order chi connectivity index (χ0) is 14.4. The van der Waals surface area contributed by atoms with E-state index in [4.69, 9.17) is 11.6 Å². The second-order valence-electron chi connectivity index (χ2n) is 4.30. The Hall–Kier alpha value is -2.13. The number of benzene rings is 2. The molecule has 2 aromatic carbocycles. The molecule has 0 fully saturated rings. The fourth-order valence-corrected chi connectivity index (χ4v) is 1.80. The van der Waals surface area contributed by atoms with E-state index in [0.29, 0.717) is 10.6 Å². The maximum Gasteiger partial charge on any atom is 0.271 e. The molecule has 0 aliphatic heterocycles. The fourth-order valence-electron chi connectivity index (χ4n) is 1.67. The van der Waals surface area contributed by atoms with E-state index in [-0.39, 0.29) is 5.91 Å². The second-order valence-corrected chi connectivity index (χ2v) is 4.74. The van der Waals surface area contributed by atoms with Gasteiger partial charge in [0.05, 0.1) is 6.21 Å². The molecule has 0 aliphatic carbocycles. The van der Waals surface area contributed by atoms with Crippen LogP contribution in [0.25, 0.3) is 0 Å². The van der Waals surface area contributed by atoms with E-state index in [1.165, 1.54) is 5.56 Å². The maximum absolute atomic E-state index is 11.8. The Morgan fingerprint density at radius 2 is 1.80 bits per heavy atom. The van der Waals surface area contributed by atoms with Crippen molar-refractivity contribution in [3.8, 4) is 0 Å².